The molecule has 31 heavy (non-hydrogen) atoms. The van der Waals surface area contributed by atoms with Gasteiger partial charge in [0.1, 0.15) is 12.4 Å². The van der Waals surface area contributed by atoms with Crippen LogP contribution in [0.3, 0.4) is 0 Å². The zero-order valence-electron chi connectivity index (χ0n) is 17.3. The molecule has 1 N–H and O–H groups in total. The molecule has 3 aliphatic heterocycles. The van der Waals surface area contributed by atoms with E-state index in [1.807, 2.05) is 42.5 Å². The molecule has 3 fully saturated rings. The van der Waals surface area contributed by atoms with Crippen molar-refractivity contribution in [2.75, 3.05) is 19.6 Å². The van der Waals surface area contributed by atoms with Crippen molar-refractivity contribution < 1.29 is 9.53 Å². The molecule has 4 nitrogen and oxygen atoms in total. The third-order valence-electron chi connectivity index (χ3n) is 6.19. The molecule has 3 aliphatic rings. The second-order valence-corrected chi connectivity index (χ2v) is 9.26. The SMILES string of the molecule is Cl.O=C(N[C@H]1CN2CCC1CC2)c1ccc(-c2ccc(OCc3ccccc3)cc2)s1. The molecule has 3 aromatic rings. The van der Waals surface area contributed by atoms with E-state index in [-0.39, 0.29) is 18.3 Å². The Balaban J connectivity index is 0.00000231. The topological polar surface area (TPSA) is 41.6 Å². The Morgan fingerprint density at radius 3 is 2.42 bits per heavy atom. The summed E-state index contributed by atoms with van der Waals surface area (Å²) in [5.74, 6) is 1.55. The van der Waals surface area contributed by atoms with E-state index in [0.717, 1.165) is 33.2 Å². The van der Waals surface area contributed by atoms with Gasteiger partial charge in [-0.3, -0.25) is 4.79 Å². The molecular weight excluding hydrogens is 428 g/mol. The van der Waals surface area contributed by atoms with Crippen molar-refractivity contribution >= 4 is 29.7 Å². The Kier molecular flexibility index (Phi) is 6.96. The minimum Gasteiger partial charge on any atom is -0.489 e. The smallest absolute Gasteiger partial charge is 0.261 e. The van der Waals surface area contributed by atoms with Gasteiger partial charge >= 0.3 is 0 Å². The fourth-order valence-corrected chi connectivity index (χ4v) is 5.35. The molecule has 0 spiro atoms. The molecule has 0 radical (unpaired) electrons. The molecule has 3 saturated heterocycles. The number of thiophene rings is 1. The lowest BCUT2D eigenvalue weighted by Gasteiger charge is -2.44. The average Bonchev–Trinajstić information content (AvgIpc) is 3.30. The van der Waals surface area contributed by atoms with Crippen LogP contribution in [0.1, 0.15) is 28.1 Å². The number of hydrogen-bond acceptors (Lipinski definition) is 4. The second-order valence-electron chi connectivity index (χ2n) is 8.18. The summed E-state index contributed by atoms with van der Waals surface area (Å²) in [7, 11) is 0. The number of benzene rings is 2. The zero-order chi connectivity index (χ0) is 20.3. The van der Waals surface area contributed by atoms with Crippen molar-refractivity contribution in [2.24, 2.45) is 5.92 Å². The highest BCUT2D eigenvalue weighted by Crippen LogP contribution is 2.31. The molecule has 2 bridgehead atoms. The first kappa shape index (κ1) is 21.9. The van der Waals surface area contributed by atoms with Gasteiger partial charge in [-0.1, -0.05) is 30.3 Å². The van der Waals surface area contributed by atoms with Gasteiger partial charge < -0.3 is 15.0 Å². The number of fused-ring (bicyclic) bond motifs is 3. The first-order valence-corrected chi connectivity index (χ1v) is 11.5. The normalized spacial score (nSPS) is 21.9. The van der Waals surface area contributed by atoms with Crippen molar-refractivity contribution in [3.8, 4) is 16.2 Å². The van der Waals surface area contributed by atoms with Crippen LogP contribution < -0.4 is 10.1 Å². The van der Waals surface area contributed by atoms with Crippen LogP contribution in [0.15, 0.2) is 66.7 Å². The second kappa shape index (κ2) is 9.86. The lowest BCUT2D eigenvalue weighted by atomic mass is 9.84. The molecule has 0 unspecified atom stereocenters. The molecule has 1 atom stereocenters. The largest absolute Gasteiger partial charge is 0.489 e. The number of halogens is 1. The number of rotatable bonds is 6. The van der Waals surface area contributed by atoms with E-state index in [2.05, 4.69) is 34.5 Å². The van der Waals surface area contributed by atoms with Gasteiger partial charge in [-0.25, -0.2) is 0 Å². The third kappa shape index (κ3) is 5.12. The summed E-state index contributed by atoms with van der Waals surface area (Å²) in [5.41, 5.74) is 2.26. The first-order valence-electron chi connectivity index (χ1n) is 10.6. The van der Waals surface area contributed by atoms with Gasteiger partial charge in [0.05, 0.1) is 4.88 Å². The van der Waals surface area contributed by atoms with Gasteiger partial charge in [0, 0.05) is 17.5 Å². The lowest BCUT2D eigenvalue weighted by Crippen LogP contribution is -2.57. The number of piperidine rings is 3. The van der Waals surface area contributed by atoms with Crippen LogP contribution in [0.25, 0.3) is 10.4 Å². The number of nitrogens with one attached hydrogen (secondary N) is 1. The van der Waals surface area contributed by atoms with Crippen molar-refractivity contribution in [1.29, 1.82) is 0 Å². The minimum atomic E-state index is 0. The summed E-state index contributed by atoms with van der Waals surface area (Å²) in [6, 6.07) is 22.5. The molecule has 1 aromatic heterocycles. The molecule has 6 heteroatoms. The number of amides is 1. The maximum absolute atomic E-state index is 12.8. The maximum atomic E-state index is 12.8. The van der Waals surface area contributed by atoms with Crippen LogP contribution >= 0.6 is 23.7 Å². The van der Waals surface area contributed by atoms with Crippen LogP contribution in [-0.4, -0.2) is 36.5 Å². The Labute approximate surface area is 193 Å². The molecule has 6 rings (SSSR count). The highest BCUT2D eigenvalue weighted by molar-refractivity contribution is 7.17. The number of ether oxygens (including phenoxy) is 1. The summed E-state index contributed by atoms with van der Waals surface area (Å²) < 4.78 is 5.87. The number of carbonyl (C=O) groups is 1. The standard InChI is InChI=1S/C25H26N2O2S.ClH/c28-25(26-22-16-27-14-12-19(22)13-15-27)24-11-10-23(30-24)20-6-8-21(9-7-20)29-17-18-4-2-1-3-5-18;/h1-11,19,22H,12-17H2,(H,26,28);1H/t22-;/m0./s1. The monoisotopic (exact) mass is 454 g/mol. The highest BCUT2D eigenvalue weighted by Gasteiger charge is 2.35. The molecule has 4 heterocycles. The van der Waals surface area contributed by atoms with Crippen molar-refractivity contribution in [3.63, 3.8) is 0 Å². The molecule has 1 amide bonds. The van der Waals surface area contributed by atoms with Gasteiger partial charge in [-0.05, 0) is 79.4 Å². The predicted octanol–water partition coefficient (Wildman–Crippen LogP) is 5.24. The highest BCUT2D eigenvalue weighted by atomic mass is 35.5. The molecular formula is C25H27ClN2O2S. The summed E-state index contributed by atoms with van der Waals surface area (Å²) >= 11 is 1.55. The van der Waals surface area contributed by atoms with E-state index in [0.29, 0.717) is 18.6 Å². The van der Waals surface area contributed by atoms with E-state index in [4.69, 9.17) is 4.74 Å². The van der Waals surface area contributed by atoms with E-state index in [9.17, 15) is 4.79 Å². The molecule has 2 aromatic carbocycles. The summed E-state index contributed by atoms with van der Waals surface area (Å²) in [6.07, 6.45) is 2.42. The van der Waals surface area contributed by atoms with Crippen LogP contribution in [0.5, 0.6) is 5.75 Å². The first-order chi connectivity index (χ1) is 14.7. The van der Waals surface area contributed by atoms with E-state index in [1.54, 1.807) is 11.3 Å². The quantitative estimate of drug-likeness (QED) is 0.553. The maximum Gasteiger partial charge on any atom is 0.261 e. The Hall–Kier alpha value is -2.34. The number of carbonyl (C=O) groups excluding carboxylic acids is 1. The van der Waals surface area contributed by atoms with E-state index in [1.165, 1.54) is 25.9 Å². The summed E-state index contributed by atoms with van der Waals surface area (Å²) in [4.78, 5) is 17.1. The molecule has 162 valence electrons. The van der Waals surface area contributed by atoms with Crippen LogP contribution in [0, 0.1) is 5.92 Å². The van der Waals surface area contributed by atoms with Gasteiger partial charge in [0.15, 0.2) is 0 Å². The minimum absolute atomic E-state index is 0. The Morgan fingerprint density at radius 2 is 1.74 bits per heavy atom. The van der Waals surface area contributed by atoms with Crippen LogP contribution in [-0.2, 0) is 6.61 Å². The van der Waals surface area contributed by atoms with E-state index < -0.39 is 0 Å². The third-order valence-corrected chi connectivity index (χ3v) is 7.32. The fourth-order valence-electron chi connectivity index (χ4n) is 4.44. The van der Waals surface area contributed by atoms with E-state index >= 15 is 0 Å². The van der Waals surface area contributed by atoms with Crippen molar-refractivity contribution in [2.45, 2.75) is 25.5 Å². The predicted molar refractivity (Wildman–Crippen MR) is 128 cm³/mol. The van der Waals surface area contributed by atoms with Crippen molar-refractivity contribution in [1.82, 2.24) is 10.2 Å². The van der Waals surface area contributed by atoms with Gasteiger partial charge in [0.25, 0.3) is 5.91 Å². The summed E-state index contributed by atoms with van der Waals surface area (Å²) in [6.45, 7) is 3.93. The van der Waals surface area contributed by atoms with Gasteiger partial charge in [-0.2, -0.15) is 0 Å². The number of nitrogens with zero attached hydrogens (tertiary/aromatic N) is 1. The lowest BCUT2D eigenvalue weighted by molar-refractivity contribution is 0.0622. The van der Waals surface area contributed by atoms with Crippen molar-refractivity contribution in [3.05, 3.63) is 77.2 Å². The Bertz CT molecular complexity index is 998. The molecule has 0 saturated carbocycles. The van der Waals surface area contributed by atoms with Crippen LogP contribution in [0.4, 0.5) is 0 Å². The number of hydrogen-bond donors (Lipinski definition) is 1. The fraction of sp³-hybridized carbons (Fsp3) is 0.320. The van der Waals surface area contributed by atoms with Crippen LogP contribution in [0.2, 0.25) is 0 Å². The zero-order valence-corrected chi connectivity index (χ0v) is 19.0. The van der Waals surface area contributed by atoms with Gasteiger partial charge in [0.2, 0.25) is 0 Å². The Morgan fingerprint density at radius 1 is 1.00 bits per heavy atom. The van der Waals surface area contributed by atoms with Gasteiger partial charge in [-0.15, -0.1) is 23.7 Å². The average molecular weight is 455 g/mol. The molecule has 0 aliphatic carbocycles. The summed E-state index contributed by atoms with van der Waals surface area (Å²) in [5, 5.41) is 3.28.